The van der Waals surface area contributed by atoms with E-state index in [4.69, 9.17) is 4.74 Å². The van der Waals surface area contributed by atoms with Crippen molar-refractivity contribution in [3.8, 4) is 17.0 Å². The van der Waals surface area contributed by atoms with E-state index in [1.54, 1.807) is 36.0 Å². The van der Waals surface area contributed by atoms with E-state index in [0.29, 0.717) is 41.9 Å². The van der Waals surface area contributed by atoms with Crippen LogP contribution in [0, 0.1) is 0 Å². The van der Waals surface area contributed by atoms with Crippen molar-refractivity contribution in [3.05, 3.63) is 65.7 Å². The molecule has 0 unspecified atom stereocenters. The Morgan fingerprint density at radius 2 is 1.91 bits per heavy atom. The highest BCUT2D eigenvalue weighted by Gasteiger charge is 2.36. The van der Waals surface area contributed by atoms with Gasteiger partial charge < -0.3 is 25.8 Å². The Labute approximate surface area is 245 Å². The number of nitrogens with zero attached hydrogens (tertiary/aromatic N) is 5. The van der Waals surface area contributed by atoms with Gasteiger partial charge in [0.25, 0.3) is 5.91 Å². The van der Waals surface area contributed by atoms with Crippen LogP contribution in [0.5, 0.6) is 5.75 Å². The van der Waals surface area contributed by atoms with Gasteiger partial charge in [0.05, 0.1) is 42.6 Å². The number of benzene rings is 1. The Balaban J connectivity index is 1.69. The Kier molecular flexibility index (Phi) is 9.88. The summed E-state index contributed by atoms with van der Waals surface area (Å²) in [7, 11) is 2.71. The first kappa shape index (κ1) is 31.3. The topological polar surface area (TPSA) is 156 Å². The molecule has 0 aliphatic carbocycles. The molecule has 0 aliphatic rings. The molecular weight excluding hydrogens is 588 g/mol. The average molecular weight is 617 g/mol. The van der Waals surface area contributed by atoms with Gasteiger partial charge in [0.2, 0.25) is 5.95 Å². The van der Waals surface area contributed by atoms with Gasteiger partial charge in [0, 0.05) is 31.5 Å². The summed E-state index contributed by atoms with van der Waals surface area (Å²) in [5.41, 5.74) is 0.652. The fraction of sp³-hybridized carbons (Fsp3) is 0.296. The van der Waals surface area contributed by atoms with Crippen LogP contribution in [0.4, 0.5) is 36.3 Å². The van der Waals surface area contributed by atoms with Gasteiger partial charge in [-0.15, -0.1) is 0 Å². The van der Waals surface area contributed by atoms with Crippen LogP contribution in [0.3, 0.4) is 0 Å². The van der Waals surface area contributed by atoms with Crippen molar-refractivity contribution in [1.29, 1.82) is 0 Å². The number of aliphatic hydroxyl groups is 1. The SMILES string of the molecule is CNC(=O)c1nc(-c2cnn(CC[C@@H](C)O)c2)ccc1Nc1nc(Nc2ccc(CP=O)cc2OC)ncc1C(F)(F)F. The molecular formula is C27H28F3N8O4P. The molecule has 0 bridgehead atoms. The summed E-state index contributed by atoms with van der Waals surface area (Å²) >= 11 is 0. The summed E-state index contributed by atoms with van der Waals surface area (Å²) in [4.78, 5) is 25.0. The van der Waals surface area contributed by atoms with Crippen molar-refractivity contribution in [2.45, 2.75) is 38.3 Å². The molecule has 0 saturated carbocycles. The molecule has 3 aromatic heterocycles. The number of carbonyl (C=O) groups is 1. The van der Waals surface area contributed by atoms with Gasteiger partial charge in [0.1, 0.15) is 17.1 Å². The van der Waals surface area contributed by atoms with Crippen molar-refractivity contribution in [3.63, 3.8) is 0 Å². The van der Waals surface area contributed by atoms with E-state index in [9.17, 15) is 27.6 Å². The maximum absolute atomic E-state index is 14.0. The molecule has 16 heteroatoms. The van der Waals surface area contributed by atoms with Gasteiger partial charge in [-0.3, -0.25) is 14.0 Å². The largest absolute Gasteiger partial charge is 0.495 e. The zero-order valence-electron chi connectivity index (χ0n) is 23.3. The van der Waals surface area contributed by atoms with E-state index in [1.807, 2.05) is 0 Å². The highest BCUT2D eigenvalue weighted by Crippen LogP contribution is 2.37. The number of aryl methyl sites for hydroxylation is 1. The fourth-order valence-electron chi connectivity index (χ4n) is 3.95. The number of ether oxygens (including phenoxy) is 1. The predicted molar refractivity (Wildman–Crippen MR) is 153 cm³/mol. The first-order valence-corrected chi connectivity index (χ1v) is 13.9. The lowest BCUT2D eigenvalue weighted by atomic mass is 10.1. The third-order valence-corrected chi connectivity index (χ3v) is 6.64. The number of aliphatic hydroxyl groups excluding tert-OH is 1. The smallest absolute Gasteiger partial charge is 0.421 e. The predicted octanol–water partition coefficient (Wildman–Crippen LogP) is 5.17. The minimum atomic E-state index is -4.82. The zero-order chi connectivity index (χ0) is 31.1. The standard InChI is InChI=1S/C27H28F3N8O4P/c1-15(39)8-9-38-13-17(11-33-38)19-6-7-21(23(34-19)25(40)31-2)35-24-18(27(28,29)30)12-32-26(37-24)36-20-5-4-16(14-43-41)10-22(20)42-3/h4-7,10-13,15,39H,8-9,14H2,1-3H3,(H,31,40)(H2,32,35,36,37)/t15-/m1/s1. The molecule has 0 fully saturated rings. The van der Waals surface area contributed by atoms with E-state index < -0.39 is 29.6 Å². The molecule has 1 amide bonds. The van der Waals surface area contributed by atoms with Crippen LogP contribution >= 0.6 is 8.46 Å². The second-order valence-corrected chi connectivity index (χ2v) is 9.90. The first-order chi connectivity index (χ1) is 20.5. The van der Waals surface area contributed by atoms with Crippen LogP contribution in [-0.2, 0) is 23.4 Å². The van der Waals surface area contributed by atoms with Crippen LogP contribution < -0.4 is 20.7 Å². The molecule has 1 atom stereocenters. The number of carbonyl (C=O) groups excluding carboxylic acids is 1. The molecule has 4 rings (SSSR count). The molecule has 4 aromatic rings. The quantitative estimate of drug-likeness (QED) is 0.157. The van der Waals surface area contributed by atoms with E-state index in [0.717, 1.165) is 5.56 Å². The van der Waals surface area contributed by atoms with Crippen LogP contribution in [0.25, 0.3) is 11.3 Å². The summed E-state index contributed by atoms with van der Waals surface area (Å²) in [5, 5.41) is 21.7. The second kappa shape index (κ2) is 13.6. The minimum Gasteiger partial charge on any atom is -0.495 e. The van der Waals surface area contributed by atoms with E-state index in [2.05, 4.69) is 36.0 Å². The Morgan fingerprint density at radius 3 is 2.58 bits per heavy atom. The highest BCUT2D eigenvalue weighted by atomic mass is 31.1. The number of rotatable bonds is 12. The number of hydrogen-bond acceptors (Lipinski definition) is 10. The third-order valence-electron chi connectivity index (χ3n) is 6.15. The summed E-state index contributed by atoms with van der Waals surface area (Å²) < 4.78 is 59.8. The summed E-state index contributed by atoms with van der Waals surface area (Å²) in [6.07, 6.45) is -0.735. The number of nitrogens with one attached hydrogen (secondary N) is 3. The number of anilines is 4. The molecule has 3 heterocycles. The fourth-order valence-corrected chi connectivity index (χ4v) is 4.30. The van der Waals surface area contributed by atoms with Gasteiger partial charge in [-0.25, -0.2) is 9.97 Å². The second-order valence-electron chi connectivity index (χ2n) is 9.33. The van der Waals surface area contributed by atoms with E-state index in [-0.39, 0.29) is 32.0 Å². The Bertz CT molecular complexity index is 1610. The molecule has 0 saturated heterocycles. The van der Waals surface area contributed by atoms with Crippen molar-refractivity contribution in [1.82, 2.24) is 30.0 Å². The molecule has 0 aliphatic heterocycles. The van der Waals surface area contributed by atoms with Crippen molar-refractivity contribution in [2.24, 2.45) is 0 Å². The van der Waals surface area contributed by atoms with E-state index >= 15 is 0 Å². The number of halogens is 3. The summed E-state index contributed by atoms with van der Waals surface area (Å²) in [5.74, 6) is -1.10. The summed E-state index contributed by atoms with van der Waals surface area (Å²) in [6, 6.07) is 7.87. The van der Waals surface area contributed by atoms with Crippen molar-refractivity contribution >= 4 is 37.5 Å². The van der Waals surface area contributed by atoms with Crippen LogP contribution in [0.1, 0.15) is 35.0 Å². The molecule has 226 valence electrons. The van der Waals surface area contributed by atoms with Gasteiger partial charge in [0.15, 0.2) is 14.2 Å². The Hall–Kier alpha value is -4.62. The zero-order valence-corrected chi connectivity index (χ0v) is 24.2. The van der Waals surface area contributed by atoms with Crippen molar-refractivity contribution < 1.29 is 32.4 Å². The maximum Gasteiger partial charge on any atom is 0.421 e. The molecule has 12 nitrogen and oxygen atoms in total. The lowest BCUT2D eigenvalue weighted by Gasteiger charge is -2.17. The van der Waals surface area contributed by atoms with Gasteiger partial charge in [-0.2, -0.15) is 23.3 Å². The Morgan fingerprint density at radius 1 is 1.14 bits per heavy atom. The average Bonchev–Trinajstić information content (AvgIpc) is 3.45. The maximum atomic E-state index is 14.0. The number of pyridine rings is 1. The van der Waals surface area contributed by atoms with Crippen LogP contribution in [0.15, 0.2) is 48.9 Å². The number of methoxy groups -OCH3 is 1. The van der Waals surface area contributed by atoms with E-state index in [1.165, 1.54) is 32.5 Å². The van der Waals surface area contributed by atoms with Crippen molar-refractivity contribution in [2.75, 3.05) is 24.8 Å². The van der Waals surface area contributed by atoms with Gasteiger partial charge in [-0.1, -0.05) is 6.07 Å². The number of alkyl halides is 3. The molecule has 1 aromatic carbocycles. The van der Waals surface area contributed by atoms with Gasteiger partial charge in [-0.05, 0) is 43.2 Å². The monoisotopic (exact) mass is 616 g/mol. The van der Waals surface area contributed by atoms with Crippen LogP contribution in [0.2, 0.25) is 0 Å². The molecule has 4 N–H and O–H groups in total. The van der Waals surface area contributed by atoms with Gasteiger partial charge >= 0.3 is 6.18 Å². The lowest BCUT2D eigenvalue weighted by molar-refractivity contribution is -0.137. The third kappa shape index (κ3) is 7.81. The summed E-state index contributed by atoms with van der Waals surface area (Å²) in [6.45, 7) is 2.12. The normalized spacial score (nSPS) is 12.2. The van der Waals surface area contributed by atoms with Crippen LogP contribution in [-0.4, -0.2) is 56.0 Å². The number of hydrogen-bond donors (Lipinski definition) is 4. The lowest BCUT2D eigenvalue weighted by Crippen LogP contribution is -2.21. The first-order valence-electron chi connectivity index (χ1n) is 12.9. The minimum absolute atomic E-state index is 0.0292. The molecule has 0 radical (unpaired) electrons. The number of aromatic nitrogens is 5. The number of amides is 1. The molecule has 0 spiro atoms. The molecule has 43 heavy (non-hydrogen) atoms. The highest BCUT2D eigenvalue weighted by molar-refractivity contribution is 7.22.